The molecule has 7 heteroatoms. The van der Waals surface area contributed by atoms with Gasteiger partial charge in [0, 0.05) is 23.4 Å². The van der Waals surface area contributed by atoms with E-state index < -0.39 is 0 Å². The molecule has 0 amide bonds. The second kappa shape index (κ2) is 5.28. The summed E-state index contributed by atoms with van der Waals surface area (Å²) in [5.74, 6) is 2.78. The average molecular weight is 310 g/mol. The maximum atomic E-state index is 5.53. The van der Waals surface area contributed by atoms with Crippen molar-refractivity contribution in [2.45, 2.75) is 6.92 Å². The first kappa shape index (κ1) is 13.6. The Kier molecular flexibility index (Phi) is 3.11. The molecular weight excluding hydrogens is 296 g/mol. The SMILES string of the molecule is COc1cc2c(cc1-c1cc(C)cnc1-n1cnnc1)OCO2. The molecule has 4 rings (SSSR count). The van der Waals surface area contributed by atoms with Crippen LogP contribution in [0.15, 0.2) is 37.1 Å². The van der Waals surface area contributed by atoms with E-state index in [2.05, 4.69) is 15.2 Å². The largest absolute Gasteiger partial charge is 0.496 e. The lowest BCUT2D eigenvalue weighted by atomic mass is 10.0. The van der Waals surface area contributed by atoms with Gasteiger partial charge in [0.1, 0.15) is 24.2 Å². The molecule has 0 fully saturated rings. The molecule has 0 saturated carbocycles. The summed E-state index contributed by atoms with van der Waals surface area (Å²) in [6.45, 7) is 2.21. The molecule has 23 heavy (non-hydrogen) atoms. The molecular formula is C16H14N4O3. The van der Waals surface area contributed by atoms with Crippen molar-refractivity contribution in [3.05, 3.63) is 42.6 Å². The quantitative estimate of drug-likeness (QED) is 0.739. The van der Waals surface area contributed by atoms with Crippen LogP contribution in [0.3, 0.4) is 0 Å². The van der Waals surface area contributed by atoms with Crippen LogP contribution in [-0.4, -0.2) is 33.7 Å². The molecule has 0 atom stereocenters. The fraction of sp³-hybridized carbons (Fsp3) is 0.188. The number of fused-ring (bicyclic) bond motifs is 1. The molecule has 0 radical (unpaired) electrons. The average Bonchev–Trinajstić information content (AvgIpc) is 3.24. The summed E-state index contributed by atoms with van der Waals surface area (Å²) in [5.41, 5.74) is 2.81. The summed E-state index contributed by atoms with van der Waals surface area (Å²) in [4.78, 5) is 4.52. The van der Waals surface area contributed by atoms with Crippen LogP contribution in [0.4, 0.5) is 0 Å². The number of hydrogen-bond acceptors (Lipinski definition) is 6. The van der Waals surface area contributed by atoms with Crippen LogP contribution in [0, 0.1) is 6.92 Å². The van der Waals surface area contributed by atoms with Crippen molar-refractivity contribution in [3.63, 3.8) is 0 Å². The van der Waals surface area contributed by atoms with Gasteiger partial charge in [-0.15, -0.1) is 10.2 Å². The first-order chi connectivity index (χ1) is 11.3. The van der Waals surface area contributed by atoms with Gasteiger partial charge in [-0.1, -0.05) is 0 Å². The minimum absolute atomic E-state index is 0.215. The summed E-state index contributed by atoms with van der Waals surface area (Å²) in [7, 11) is 1.63. The number of aromatic nitrogens is 4. The third-order valence-corrected chi connectivity index (χ3v) is 3.65. The predicted octanol–water partition coefficient (Wildman–Crippen LogP) is 2.38. The summed E-state index contributed by atoms with van der Waals surface area (Å²) in [6.07, 6.45) is 5.03. The van der Waals surface area contributed by atoms with E-state index in [1.165, 1.54) is 0 Å². The fourth-order valence-corrected chi connectivity index (χ4v) is 2.58. The molecule has 0 spiro atoms. The van der Waals surface area contributed by atoms with Crippen molar-refractivity contribution < 1.29 is 14.2 Å². The Morgan fingerprint density at radius 2 is 1.78 bits per heavy atom. The van der Waals surface area contributed by atoms with E-state index in [-0.39, 0.29) is 6.79 Å². The number of benzene rings is 1. The molecule has 0 unspecified atom stereocenters. The maximum Gasteiger partial charge on any atom is 0.231 e. The van der Waals surface area contributed by atoms with Gasteiger partial charge in [-0.3, -0.25) is 4.57 Å². The van der Waals surface area contributed by atoms with E-state index in [1.807, 2.05) is 25.1 Å². The summed E-state index contributed by atoms with van der Waals surface area (Å²) >= 11 is 0. The highest BCUT2D eigenvalue weighted by atomic mass is 16.7. The molecule has 1 aliphatic rings. The summed E-state index contributed by atoms with van der Waals surface area (Å²) in [5, 5.41) is 7.71. The van der Waals surface area contributed by atoms with Gasteiger partial charge < -0.3 is 14.2 Å². The molecule has 7 nitrogen and oxygen atoms in total. The minimum Gasteiger partial charge on any atom is -0.496 e. The van der Waals surface area contributed by atoms with Gasteiger partial charge >= 0.3 is 0 Å². The van der Waals surface area contributed by atoms with E-state index >= 15 is 0 Å². The molecule has 3 aromatic rings. The van der Waals surface area contributed by atoms with Gasteiger partial charge in [0.2, 0.25) is 6.79 Å². The Balaban J connectivity index is 1.96. The zero-order valence-electron chi connectivity index (χ0n) is 12.7. The fourth-order valence-electron chi connectivity index (χ4n) is 2.58. The van der Waals surface area contributed by atoms with Crippen LogP contribution in [0.1, 0.15) is 5.56 Å². The zero-order valence-corrected chi connectivity index (χ0v) is 12.7. The predicted molar refractivity (Wildman–Crippen MR) is 82.0 cm³/mol. The third-order valence-electron chi connectivity index (χ3n) is 3.65. The summed E-state index contributed by atoms with van der Waals surface area (Å²) < 4.78 is 18.2. The lowest BCUT2D eigenvalue weighted by molar-refractivity contribution is 0.174. The Morgan fingerprint density at radius 3 is 2.52 bits per heavy atom. The van der Waals surface area contributed by atoms with Crippen molar-refractivity contribution in [2.75, 3.05) is 13.9 Å². The number of methoxy groups -OCH3 is 1. The van der Waals surface area contributed by atoms with Gasteiger partial charge in [0.15, 0.2) is 11.5 Å². The zero-order chi connectivity index (χ0) is 15.8. The van der Waals surface area contributed by atoms with Gasteiger partial charge in [0.05, 0.1) is 7.11 Å². The lowest BCUT2D eigenvalue weighted by Gasteiger charge is -2.14. The van der Waals surface area contributed by atoms with Crippen molar-refractivity contribution in [1.29, 1.82) is 0 Å². The minimum atomic E-state index is 0.215. The molecule has 0 bridgehead atoms. The van der Waals surface area contributed by atoms with Crippen LogP contribution in [0.2, 0.25) is 0 Å². The molecule has 1 aliphatic heterocycles. The smallest absolute Gasteiger partial charge is 0.231 e. The van der Waals surface area contributed by atoms with E-state index in [1.54, 1.807) is 30.5 Å². The first-order valence-electron chi connectivity index (χ1n) is 7.06. The molecule has 116 valence electrons. The highest BCUT2D eigenvalue weighted by Gasteiger charge is 2.21. The van der Waals surface area contributed by atoms with E-state index in [4.69, 9.17) is 14.2 Å². The topological polar surface area (TPSA) is 71.3 Å². The number of nitrogens with zero attached hydrogens (tertiary/aromatic N) is 4. The van der Waals surface area contributed by atoms with Crippen LogP contribution in [-0.2, 0) is 0 Å². The van der Waals surface area contributed by atoms with E-state index in [0.29, 0.717) is 17.2 Å². The van der Waals surface area contributed by atoms with E-state index in [0.717, 1.165) is 22.5 Å². The normalized spacial score (nSPS) is 12.4. The Labute approximate surface area is 132 Å². The van der Waals surface area contributed by atoms with Gasteiger partial charge in [-0.2, -0.15) is 0 Å². The molecule has 2 aromatic heterocycles. The molecule has 0 N–H and O–H groups in total. The maximum absolute atomic E-state index is 5.53. The van der Waals surface area contributed by atoms with Crippen LogP contribution in [0.5, 0.6) is 17.2 Å². The van der Waals surface area contributed by atoms with Gasteiger partial charge in [-0.25, -0.2) is 4.98 Å². The van der Waals surface area contributed by atoms with Crippen LogP contribution < -0.4 is 14.2 Å². The number of aryl methyl sites for hydroxylation is 1. The number of rotatable bonds is 3. The number of hydrogen-bond donors (Lipinski definition) is 0. The Hall–Kier alpha value is -3.09. The van der Waals surface area contributed by atoms with Crippen molar-refractivity contribution in [1.82, 2.24) is 19.7 Å². The molecule has 1 aromatic carbocycles. The first-order valence-corrected chi connectivity index (χ1v) is 7.06. The second-order valence-electron chi connectivity index (χ2n) is 5.16. The summed E-state index contributed by atoms with van der Waals surface area (Å²) in [6, 6.07) is 5.78. The standard InChI is InChI=1S/C16H14N4O3/c1-10-3-12(16(17-6-10)20-7-18-19-8-20)11-4-14-15(23-9-22-14)5-13(11)21-2/h3-8H,9H2,1-2H3. The van der Waals surface area contributed by atoms with Crippen molar-refractivity contribution in [3.8, 4) is 34.2 Å². The van der Waals surface area contributed by atoms with Crippen LogP contribution in [0.25, 0.3) is 16.9 Å². The monoisotopic (exact) mass is 310 g/mol. The highest BCUT2D eigenvalue weighted by molar-refractivity contribution is 5.79. The van der Waals surface area contributed by atoms with Gasteiger partial charge in [0.25, 0.3) is 0 Å². The third kappa shape index (κ3) is 2.26. The number of pyridine rings is 1. The lowest BCUT2D eigenvalue weighted by Crippen LogP contribution is -2.00. The molecule has 3 heterocycles. The Morgan fingerprint density at radius 1 is 1.04 bits per heavy atom. The van der Waals surface area contributed by atoms with Crippen molar-refractivity contribution >= 4 is 0 Å². The van der Waals surface area contributed by atoms with Crippen molar-refractivity contribution in [2.24, 2.45) is 0 Å². The highest BCUT2D eigenvalue weighted by Crippen LogP contribution is 2.43. The van der Waals surface area contributed by atoms with Crippen LogP contribution >= 0.6 is 0 Å². The van der Waals surface area contributed by atoms with E-state index in [9.17, 15) is 0 Å². The Bertz CT molecular complexity index is 862. The second-order valence-corrected chi connectivity index (χ2v) is 5.16. The number of ether oxygens (including phenoxy) is 3. The van der Waals surface area contributed by atoms with Gasteiger partial charge in [-0.05, 0) is 24.6 Å². The molecule has 0 aliphatic carbocycles. The molecule has 0 saturated heterocycles.